The van der Waals surface area contributed by atoms with Gasteiger partial charge in [-0.15, -0.1) is 0 Å². The van der Waals surface area contributed by atoms with Crippen LogP contribution in [-0.2, 0) is 58.0 Å². The third kappa shape index (κ3) is 19.5. The summed E-state index contributed by atoms with van der Waals surface area (Å²) >= 11 is 0. The second-order valence-corrected chi connectivity index (χ2v) is 45.6. The summed E-state index contributed by atoms with van der Waals surface area (Å²) in [5.41, 5.74) is 7.88. The van der Waals surface area contributed by atoms with Crippen LogP contribution in [0.25, 0.3) is 12.2 Å². The lowest BCUT2D eigenvalue weighted by Crippen LogP contribution is -2.57. The minimum Gasteiger partial charge on any atom is -0.458 e. The average molecular weight is 1300 g/mol. The average Bonchev–Trinajstić information content (AvgIpc) is 0.946. The highest BCUT2D eigenvalue weighted by molar-refractivity contribution is 6.81. The zero-order valence-corrected chi connectivity index (χ0v) is 61.9. The van der Waals surface area contributed by atoms with Crippen molar-refractivity contribution in [2.75, 3.05) is 21.3 Å². The highest BCUT2D eigenvalue weighted by Gasteiger charge is 2.52. The monoisotopic (exact) mass is 1300 g/mol. The highest BCUT2D eigenvalue weighted by Crippen LogP contribution is 2.47. The Morgan fingerprint density at radius 3 is 2.18 bits per heavy atom. The van der Waals surface area contributed by atoms with E-state index in [0.29, 0.717) is 72.6 Å². The summed E-state index contributed by atoms with van der Waals surface area (Å²) in [5, 5.41) is 0.0535. The number of oxazole rings is 2. The number of aromatic nitrogens is 2. The number of ether oxygens (including phenoxy) is 8. The molecule has 0 spiro atoms. The van der Waals surface area contributed by atoms with E-state index in [1.54, 1.807) is 39.9 Å². The topological polar surface area (TPSA) is 161 Å². The Morgan fingerprint density at radius 1 is 0.822 bits per heavy atom. The van der Waals surface area contributed by atoms with Gasteiger partial charge in [0.2, 0.25) is 14.2 Å². The molecule has 5 aliphatic rings. The zero-order chi connectivity index (χ0) is 66.1. The van der Waals surface area contributed by atoms with Gasteiger partial charge in [0, 0.05) is 64.9 Å². The van der Waals surface area contributed by atoms with E-state index in [4.69, 9.17) is 65.5 Å². The molecule has 90 heavy (non-hydrogen) atoms. The fourth-order valence-electron chi connectivity index (χ4n) is 14.3. The molecule has 0 saturated carbocycles. The van der Waals surface area contributed by atoms with E-state index in [1.807, 2.05) is 31.2 Å². The lowest BCUT2D eigenvalue weighted by atomic mass is 9.79. The van der Waals surface area contributed by atoms with Gasteiger partial charge in [-0.25, -0.2) is 14.8 Å². The van der Waals surface area contributed by atoms with Gasteiger partial charge in [-0.1, -0.05) is 156 Å². The van der Waals surface area contributed by atoms with Crippen molar-refractivity contribution in [1.82, 2.24) is 9.97 Å². The molecule has 4 saturated heterocycles. The van der Waals surface area contributed by atoms with E-state index in [2.05, 4.69) is 152 Å². The predicted molar refractivity (Wildman–Crippen MR) is 367 cm³/mol. The SMILES string of the molecule is C=C1C[C@@H]2C[C@@H]3C[C@@H](O[Si](C)(C)C(C)(C)C)C[C@@H](O3)c3coc(n3)/C=C/C[C@H]3O[C@@H](/C(C)=C/c4coc(C[C@]5(OC)C[C@H](OC)C[C@H]([C@@H](/C=C(C)/C=C/[C@@H](C/C=C/[Si](C)(C)C)OC)O[Si](C(C)C)(C(C)C)C(C)C)O5)n4)[C@H](C)[C@@H](OC(=O)/C=C\C[C@@H](C1)O2)[C@H]3C. The fourth-order valence-corrected chi connectivity index (χ4v) is 22.0. The molecule has 0 unspecified atom stereocenters. The van der Waals surface area contributed by atoms with Crippen LogP contribution >= 0.6 is 0 Å². The minimum absolute atomic E-state index is 0.00278. The van der Waals surface area contributed by atoms with Crippen LogP contribution < -0.4 is 0 Å². The van der Waals surface area contributed by atoms with Crippen molar-refractivity contribution in [3.05, 3.63) is 107 Å². The first-order valence-electron chi connectivity index (χ1n) is 33.7. The molecule has 7 rings (SSSR count). The van der Waals surface area contributed by atoms with E-state index < -0.39 is 60.9 Å². The van der Waals surface area contributed by atoms with Gasteiger partial charge >= 0.3 is 5.97 Å². The van der Waals surface area contributed by atoms with Crippen LogP contribution in [0.3, 0.4) is 0 Å². The molecule has 0 N–H and O–H groups in total. The molecule has 15 atom stereocenters. The van der Waals surface area contributed by atoms with E-state index in [9.17, 15) is 4.79 Å². The van der Waals surface area contributed by atoms with Crippen molar-refractivity contribution in [2.24, 2.45) is 11.8 Å². The Morgan fingerprint density at radius 2 is 1.52 bits per heavy atom. The molecule has 8 bridgehead atoms. The van der Waals surface area contributed by atoms with Gasteiger partial charge in [-0.3, -0.25) is 0 Å². The highest BCUT2D eigenvalue weighted by atomic mass is 28.4. The molecular weight excluding hydrogens is 1190 g/mol. The number of carbonyl (C=O) groups is 1. The van der Waals surface area contributed by atoms with Gasteiger partial charge in [0.1, 0.15) is 36.1 Å². The van der Waals surface area contributed by atoms with Gasteiger partial charge in [0.15, 0.2) is 20.0 Å². The van der Waals surface area contributed by atoms with Crippen LogP contribution in [0.5, 0.6) is 0 Å². The number of esters is 1. The summed E-state index contributed by atoms with van der Waals surface area (Å²) < 4.78 is 80.3. The Labute approximate surface area is 544 Å². The van der Waals surface area contributed by atoms with Crippen LogP contribution in [0.15, 0.2) is 92.9 Å². The first-order valence-corrected chi connectivity index (χ1v) is 42.3. The smallest absolute Gasteiger partial charge is 0.330 e. The lowest BCUT2D eigenvalue weighted by molar-refractivity contribution is -0.297. The molecule has 504 valence electrons. The van der Waals surface area contributed by atoms with Gasteiger partial charge in [-0.2, -0.15) is 0 Å². The van der Waals surface area contributed by atoms with Crippen LogP contribution in [-0.4, -0.2) is 135 Å². The van der Waals surface area contributed by atoms with Crippen LogP contribution in [0.2, 0.25) is 54.4 Å². The molecule has 0 amide bonds. The Bertz CT molecular complexity index is 2810. The third-order valence-corrected chi connectivity index (χ3v) is 31.9. The molecule has 2 aromatic rings. The van der Waals surface area contributed by atoms with Crippen molar-refractivity contribution in [3.8, 4) is 0 Å². The maximum Gasteiger partial charge on any atom is 0.330 e. The van der Waals surface area contributed by atoms with Crippen molar-refractivity contribution >= 4 is 42.8 Å². The third-order valence-electron chi connectivity index (χ3n) is 20.0. The number of nitrogens with zero attached hydrogens (tertiary/aromatic N) is 2. The molecule has 0 radical (unpaired) electrons. The second-order valence-electron chi connectivity index (χ2n) is 30.3. The normalized spacial score (nSPS) is 31.5. The first-order chi connectivity index (χ1) is 42.3. The molecule has 4 fully saturated rings. The summed E-state index contributed by atoms with van der Waals surface area (Å²) in [6.45, 7) is 45.1. The van der Waals surface area contributed by atoms with Gasteiger partial charge in [-0.05, 0) is 105 Å². The number of fused-ring (bicyclic) bond motifs is 9. The number of methoxy groups -OCH3 is 3. The van der Waals surface area contributed by atoms with Crippen LogP contribution in [0.1, 0.15) is 183 Å². The quantitative estimate of drug-likeness (QED) is 0.0502. The predicted octanol–water partition coefficient (Wildman–Crippen LogP) is 17.2. The Kier molecular flexibility index (Phi) is 26.0. The summed E-state index contributed by atoms with van der Waals surface area (Å²) in [6, 6.07) is 0. The van der Waals surface area contributed by atoms with Gasteiger partial charge in [0.05, 0.1) is 75.5 Å². The van der Waals surface area contributed by atoms with Crippen LogP contribution in [0.4, 0.5) is 0 Å². The maximum absolute atomic E-state index is 13.9. The largest absolute Gasteiger partial charge is 0.458 e. The molecule has 18 heteroatoms. The van der Waals surface area contributed by atoms with E-state index in [0.717, 1.165) is 48.1 Å². The minimum atomic E-state index is -2.45. The number of hydrogen-bond acceptors (Lipinski definition) is 15. The van der Waals surface area contributed by atoms with Crippen molar-refractivity contribution in [1.29, 1.82) is 0 Å². The van der Waals surface area contributed by atoms with Gasteiger partial charge in [0.25, 0.3) is 0 Å². The number of rotatable bonds is 21. The molecule has 7 heterocycles. The lowest BCUT2D eigenvalue weighted by Gasteiger charge is -2.49. The van der Waals surface area contributed by atoms with Crippen molar-refractivity contribution < 1.29 is 60.4 Å². The molecule has 0 aliphatic carbocycles. The first kappa shape index (κ1) is 73.8. The molecule has 15 nitrogen and oxygen atoms in total. The molecule has 5 aliphatic heterocycles. The van der Waals surface area contributed by atoms with E-state index in [-0.39, 0.29) is 72.1 Å². The standard InChI is InChI=1S/C72H116N2O13Si3/c1-46(2)90(47(3)4,48(5)6)87-65(36-49(7)31-32-55(76-15)27-25-33-88(18,19)20)64-41-60(77-16)42-72(78-17,85-64)43-67-73-54(44-79-67)37-51(9)69-53(11)70-52(10)62(83-69)28-24-29-66-74-61(45-80-66)63-40-59(86-89(21,22)71(12,13)14)39-58(82-63)38-57-35-50(8)34-56(81-57)26-23-30-68(75)84-70/h23-25,29-33,36-37,44-48,52-53,55-60,62-65,69-70H,8,26-28,34-35,38-43H2,1-7,9-22H3/b29-24+,30-23-,32-31+,33-25+,49-36+,51-37+/t52-,53-,55+,56-,57+,58+,59+,60+,62+,63+,64+,65+,69-,70-,72-/m0/s1. The summed E-state index contributed by atoms with van der Waals surface area (Å²) in [6.07, 6.45) is 25.4. The second kappa shape index (κ2) is 31.7. The number of carbonyl (C=O) groups excluding carboxylic acids is 1. The number of hydrogen-bond donors (Lipinski definition) is 0. The van der Waals surface area contributed by atoms with E-state index in [1.165, 1.54) is 0 Å². The van der Waals surface area contributed by atoms with Gasteiger partial charge < -0.3 is 55.6 Å². The molecule has 2 aromatic heterocycles. The molecule has 0 aromatic carbocycles. The van der Waals surface area contributed by atoms with Crippen molar-refractivity contribution in [2.45, 2.75) is 294 Å². The van der Waals surface area contributed by atoms with Crippen LogP contribution in [0, 0.1) is 11.8 Å². The summed E-state index contributed by atoms with van der Waals surface area (Å²) in [4.78, 5) is 24.0. The van der Waals surface area contributed by atoms with Crippen molar-refractivity contribution in [3.63, 3.8) is 0 Å². The fraction of sp³-hybridized carbons (Fsp3) is 0.708. The Hall–Kier alpha value is -3.64. The maximum atomic E-state index is 13.9. The van der Waals surface area contributed by atoms with E-state index >= 15 is 0 Å². The Balaban J connectivity index is 1.14. The zero-order valence-electron chi connectivity index (χ0n) is 58.9. The summed E-state index contributed by atoms with van der Waals surface area (Å²) in [7, 11) is -0.687. The summed E-state index contributed by atoms with van der Waals surface area (Å²) in [5.74, 6) is -0.986. The number of allylic oxidation sites excluding steroid dienone is 2. The molecular formula is C72H116N2O13Si3.